The number of benzene rings is 2. The molecule has 1 heterocycles. The van der Waals surface area contributed by atoms with Crippen LogP contribution in [0.3, 0.4) is 0 Å². The van der Waals surface area contributed by atoms with Crippen molar-refractivity contribution in [3.05, 3.63) is 59.7 Å². The average molecular weight is 355 g/mol. The SMILES string of the molecule is COc1ccccc1C(=O)OC(C)C(=O)NC1CCOc2ccccc21. The predicted octanol–water partition coefficient (Wildman–Crippen LogP) is 2.88. The number of hydrogen-bond acceptors (Lipinski definition) is 5. The van der Waals surface area contributed by atoms with Gasteiger partial charge in [0.1, 0.15) is 17.1 Å². The van der Waals surface area contributed by atoms with Gasteiger partial charge in [0, 0.05) is 12.0 Å². The molecular weight excluding hydrogens is 334 g/mol. The van der Waals surface area contributed by atoms with Crippen LogP contribution < -0.4 is 14.8 Å². The van der Waals surface area contributed by atoms with E-state index in [1.165, 1.54) is 7.11 Å². The molecule has 0 saturated carbocycles. The summed E-state index contributed by atoms with van der Waals surface area (Å²) in [6.07, 6.45) is -0.266. The number of methoxy groups -OCH3 is 1. The van der Waals surface area contributed by atoms with E-state index in [1.807, 2.05) is 24.3 Å². The highest BCUT2D eigenvalue weighted by molar-refractivity contribution is 5.94. The maximum atomic E-state index is 12.5. The van der Waals surface area contributed by atoms with Gasteiger partial charge in [0.25, 0.3) is 5.91 Å². The van der Waals surface area contributed by atoms with Crippen molar-refractivity contribution < 1.29 is 23.8 Å². The van der Waals surface area contributed by atoms with Gasteiger partial charge >= 0.3 is 5.97 Å². The highest BCUT2D eigenvalue weighted by Crippen LogP contribution is 2.31. The lowest BCUT2D eigenvalue weighted by molar-refractivity contribution is -0.130. The Kier molecular flexibility index (Phi) is 5.41. The van der Waals surface area contributed by atoms with Crippen LogP contribution in [0.2, 0.25) is 0 Å². The Balaban J connectivity index is 1.65. The zero-order valence-corrected chi connectivity index (χ0v) is 14.7. The van der Waals surface area contributed by atoms with Gasteiger partial charge in [-0.2, -0.15) is 0 Å². The summed E-state index contributed by atoms with van der Waals surface area (Å²) in [6.45, 7) is 2.07. The molecule has 136 valence electrons. The Hall–Kier alpha value is -3.02. The van der Waals surface area contributed by atoms with Crippen LogP contribution in [-0.2, 0) is 9.53 Å². The molecule has 2 unspecified atom stereocenters. The molecule has 0 fully saturated rings. The second-order valence-corrected chi connectivity index (χ2v) is 5.98. The molecule has 0 aromatic heterocycles. The topological polar surface area (TPSA) is 73.9 Å². The minimum atomic E-state index is -0.928. The molecule has 26 heavy (non-hydrogen) atoms. The Morgan fingerprint density at radius 1 is 1.15 bits per heavy atom. The van der Waals surface area contributed by atoms with E-state index in [2.05, 4.69) is 5.32 Å². The molecule has 2 atom stereocenters. The van der Waals surface area contributed by atoms with E-state index in [0.717, 1.165) is 11.3 Å². The molecule has 0 saturated heterocycles. The predicted molar refractivity (Wildman–Crippen MR) is 95.3 cm³/mol. The maximum absolute atomic E-state index is 12.5. The molecule has 0 spiro atoms. The number of carbonyl (C=O) groups is 2. The second kappa shape index (κ2) is 7.91. The summed E-state index contributed by atoms with van der Waals surface area (Å²) in [5.41, 5.74) is 1.21. The lowest BCUT2D eigenvalue weighted by Gasteiger charge is -2.27. The third-order valence-electron chi connectivity index (χ3n) is 4.25. The first-order valence-electron chi connectivity index (χ1n) is 8.46. The van der Waals surface area contributed by atoms with E-state index < -0.39 is 12.1 Å². The van der Waals surface area contributed by atoms with Crippen molar-refractivity contribution in [3.63, 3.8) is 0 Å². The van der Waals surface area contributed by atoms with Gasteiger partial charge in [0.05, 0.1) is 19.8 Å². The van der Waals surface area contributed by atoms with Crippen LogP contribution in [0, 0.1) is 0 Å². The summed E-state index contributed by atoms with van der Waals surface area (Å²) in [6, 6.07) is 14.2. The third-order valence-corrected chi connectivity index (χ3v) is 4.25. The van der Waals surface area contributed by atoms with E-state index in [0.29, 0.717) is 18.8 Å². The first-order valence-corrected chi connectivity index (χ1v) is 8.46. The minimum absolute atomic E-state index is 0.167. The van der Waals surface area contributed by atoms with Crippen molar-refractivity contribution in [2.45, 2.75) is 25.5 Å². The molecule has 1 amide bonds. The van der Waals surface area contributed by atoms with Gasteiger partial charge in [-0.1, -0.05) is 30.3 Å². The lowest BCUT2D eigenvalue weighted by atomic mass is 10.0. The highest BCUT2D eigenvalue weighted by atomic mass is 16.5. The summed E-state index contributed by atoms with van der Waals surface area (Å²) in [4.78, 5) is 24.8. The summed E-state index contributed by atoms with van der Waals surface area (Å²) >= 11 is 0. The fraction of sp³-hybridized carbons (Fsp3) is 0.300. The number of hydrogen-bond donors (Lipinski definition) is 1. The fourth-order valence-electron chi connectivity index (χ4n) is 2.87. The Labute approximate surface area is 152 Å². The number of carbonyl (C=O) groups excluding carboxylic acids is 2. The largest absolute Gasteiger partial charge is 0.496 e. The summed E-state index contributed by atoms with van der Waals surface area (Å²) in [5.74, 6) is 0.221. The van der Waals surface area contributed by atoms with Crippen LogP contribution in [0.4, 0.5) is 0 Å². The second-order valence-electron chi connectivity index (χ2n) is 5.98. The molecule has 0 aliphatic carbocycles. The fourth-order valence-corrected chi connectivity index (χ4v) is 2.87. The first-order chi connectivity index (χ1) is 12.6. The Morgan fingerprint density at radius 2 is 1.88 bits per heavy atom. The quantitative estimate of drug-likeness (QED) is 0.835. The minimum Gasteiger partial charge on any atom is -0.496 e. The number of para-hydroxylation sites is 2. The summed E-state index contributed by atoms with van der Waals surface area (Å²) < 4.78 is 16.1. The van der Waals surface area contributed by atoms with Crippen LogP contribution in [-0.4, -0.2) is 31.7 Å². The Bertz CT molecular complexity index is 804. The van der Waals surface area contributed by atoms with Crippen molar-refractivity contribution in [1.82, 2.24) is 5.32 Å². The van der Waals surface area contributed by atoms with Crippen LogP contribution in [0.25, 0.3) is 0 Å². The van der Waals surface area contributed by atoms with Crippen LogP contribution in [0.1, 0.15) is 35.3 Å². The number of rotatable bonds is 5. The highest BCUT2D eigenvalue weighted by Gasteiger charge is 2.27. The Morgan fingerprint density at radius 3 is 2.69 bits per heavy atom. The average Bonchev–Trinajstić information content (AvgIpc) is 2.68. The monoisotopic (exact) mass is 355 g/mol. The van der Waals surface area contributed by atoms with Gasteiger partial charge in [-0.25, -0.2) is 4.79 Å². The van der Waals surface area contributed by atoms with Crippen LogP contribution >= 0.6 is 0 Å². The van der Waals surface area contributed by atoms with E-state index in [-0.39, 0.29) is 17.5 Å². The maximum Gasteiger partial charge on any atom is 0.342 e. The van der Waals surface area contributed by atoms with Gasteiger partial charge < -0.3 is 19.5 Å². The smallest absolute Gasteiger partial charge is 0.342 e. The summed E-state index contributed by atoms with van der Waals surface area (Å²) in [7, 11) is 1.48. The molecule has 6 heteroatoms. The van der Waals surface area contributed by atoms with E-state index in [1.54, 1.807) is 31.2 Å². The lowest BCUT2D eigenvalue weighted by Crippen LogP contribution is -2.39. The van der Waals surface area contributed by atoms with Crippen LogP contribution in [0.5, 0.6) is 11.5 Å². The molecule has 2 aromatic rings. The standard InChI is InChI=1S/C20H21NO5/c1-13(26-20(23)15-8-4-5-9-17(15)24-2)19(22)21-16-11-12-25-18-10-6-3-7-14(16)18/h3-10,13,16H,11-12H2,1-2H3,(H,21,22). The van der Waals surface area contributed by atoms with Crippen molar-refractivity contribution >= 4 is 11.9 Å². The number of amides is 1. The van der Waals surface area contributed by atoms with Crippen molar-refractivity contribution in [1.29, 1.82) is 0 Å². The molecular formula is C20H21NO5. The molecule has 6 nitrogen and oxygen atoms in total. The van der Waals surface area contributed by atoms with Crippen molar-refractivity contribution in [2.24, 2.45) is 0 Å². The third kappa shape index (κ3) is 3.79. The zero-order chi connectivity index (χ0) is 18.5. The normalized spacial score (nSPS) is 16.6. The molecule has 1 aliphatic rings. The molecule has 1 N–H and O–H groups in total. The van der Waals surface area contributed by atoms with E-state index in [4.69, 9.17) is 14.2 Å². The van der Waals surface area contributed by atoms with Crippen LogP contribution in [0.15, 0.2) is 48.5 Å². The number of esters is 1. The number of nitrogens with one attached hydrogen (secondary N) is 1. The van der Waals surface area contributed by atoms with Crippen molar-refractivity contribution in [3.8, 4) is 11.5 Å². The number of fused-ring (bicyclic) bond motifs is 1. The molecule has 3 rings (SSSR count). The molecule has 0 radical (unpaired) electrons. The van der Waals surface area contributed by atoms with E-state index >= 15 is 0 Å². The van der Waals surface area contributed by atoms with Gasteiger partial charge in [0.2, 0.25) is 0 Å². The van der Waals surface area contributed by atoms with Crippen molar-refractivity contribution in [2.75, 3.05) is 13.7 Å². The van der Waals surface area contributed by atoms with E-state index in [9.17, 15) is 9.59 Å². The van der Waals surface area contributed by atoms with Gasteiger partial charge in [-0.3, -0.25) is 4.79 Å². The molecule has 1 aliphatic heterocycles. The number of ether oxygens (including phenoxy) is 3. The van der Waals surface area contributed by atoms with Gasteiger partial charge in [-0.15, -0.1) is 0 Å². The van der Waals surface area contributed by atoms with Gasteiger partial charge in [0.15, 0.2) is 6.10 Å². The first kappa shape index (κ1) is 17.8. The zero-order valence-electron chi connectivity index (χ0n) is 14.7. The molecule has 0 bridgehead atoms. The summed E-state index contributed by atoms with van der Waals surface area (Å²) in [5, 5.41) is 2.93. The molecule has 2 aromatic carbocycles. The van der Waals surface area contributed by atoms with Gasteiger partial charge in [-0.05, 0) is 25.1 Å².